The molecule has 0 unspecified atom stereocenters. The van der Waals surface area contributed by atoms with Gasteiger partial charge in [0.1, 0.15) is 5.75 Å². The third-order valence-corrected chi connectivity index (χ3v) is 4.16. The second-order valence-electron chi connectivity index (χ2n) is 4.55. The van der Waals surface area contributed by atoms with E-state index in [2.05, 4.69) is 34.0 Å². The minimum atomic E-state index is 0.492. The van der Waals surface area contributed by atoms with E-state index >= 15 is 0 Å². The minimum absolute atomic E-state index is 0.492. The maximum atomic E-state index is 9.85. The van der Waals surface area contributed by atoms with Crippen molar-refractivity contribution in [3.8, 4) is 5.75 Å². The molecular weight excluding hydrogens is 325 g/mol. The highest BCUT2D eigenvalue weighted by Crippen LogP contribution is 2.33. The Labute approximate surface area is 118 Å². The van der Waals surface area contributed by atoms with Crippen LogP contribution in [0.15, 0.2) is 6.07 Å². The summed E-state index contributed by atoms with van der Waals surface area (Å²) >= 11 is 2.28. The molecule has 3 heteroatoms. The molecule has 0 aromatic heterocycles. The average molecular weight is 347 g/mol. The molecule has 96 valence electrons. The van der Waals surface area contributed by atoms with Crippen LogP contribution in [0.2, 0.25) is 0 Å². The van der Waals surface area contributed by atoms with Crippen LogP contribution in [0.5, 0.6) is 5.75 Å². The number of hydrogen-bond donors (Lipinski definition) is 2. The summed E-state index contributed by atoms with van der Waals surface area (Å²) in [6, 6.07) is 2.16. The zero-order valence-corrected chi connectivity index (χ0v) is 13.1. The molecule has 2 N–H and O–H groups in total. The van der Waals surface area contributed by atoms with E-state index in [0.29, 0.717) is 5.75 Å². The zero-order valence-electron chi connectivity index (χ0n) is 10.9. The van der Waals surface area contributed by atoms with E-state index in [1.54, 1.807) is 0 Å². The molecule has 0 radical (unpaired) electrons. The zero-order chi connectivity index (χ0) is 12.8. The summed E-state index contributed by atoms with van der Waals surface area (Å²) in [5, 5.41) is 12.6. The van der Waals surface area contributed by atoms with Crippen molar-refractivity contribution in [2.24, 2.45) is 0 Å². The van der Waals surface area contributed by atoms with Crippen LogP contribution in [0.4, 0.5) is 0 Å². The van der Waals surface area contributed by atoms with Gasteiger partial charge in [0.15, 0.2) is 0 Å². The summed E-state index contributed by atoms with van der Waals surface area (Å²) < 4.78 is 1.08. The van der Waals surface area contributed by atoms with E-state index in [1.807, 2.05) is 21.0 Å². The predicted octanol–water partition coefficient (Wildman–Crippen LogP) is 3.41. The van der Waals surface area contributed by atoms with Crippen molar-refractivity contribution < 1.29 is 5.11 Å². The average Bonchev–Trinajstić information content (AvgIpc) is 2.52. The Morgan fingerprint density at radius 1 is 1.18 bits per heavy atom. The number of aryl methyl sites for hydroxylation is 2. The van der Waals surface area contributed by atoms with E-state index in [1.165, 1.54) is 36.8 Å². The number of phenols is 1. The Morgan fingerprint density at radius 3 is 2.41 bits per heavy atom. The molecule has 1 aliphatic rings. The molecule has 1 aliphatic carbocycles. The van der Waals surface area contributed by atoms with Gasteiger partial charge in [0.2, 0.25) is 0 Å². The van der Waals surface area contributed by atoms with Crippen LogP contribution in [0, 0.1) is 10.5 Å². The summed E-state index contributed by atoms with van der Waals surface area (Å²) in [5.74, 6) is 0.492. The molecule has 0 fully saturated rings. The first kappa shape index (κ1) is 14.8. The molecule has 2 rings (SSSR count). The van der Waals surface area contributed by atoms with Crippen LogP contribution in [0.25, 0.3) is 0 Å². The van der Waals surface area contributed by atoms with Crippen molar-refractivity contribution in [1.29, 1.82) is 0 Å². The molecule has 0 saturated heterocycles. The quantitative estimate of drug-likeness (QED) is 0.557. The molecule has 1 aromatic rings. The van der Waals surface area contributed by atoms with Gasteiger partial charge in [0.25, 0.3) is 0 Å². The largest absolute Gasteiger partial charge is 0.507 e. The van der Waals surface area contributed by atoms with Crippen molar-refractivity contribution in [3.63, 3.8) is 0 Å². The van der Waals surface area contributed by atoms with Gasteiger partial charge in [-0.25, -0.2) is 0 Å². The fourth-order valence-electron chi connectivity index (χ4n) is 2.16. The van der Waals surface area contributed by atoms with Crippen molar-refractivity contribution in [2.45, 2.75) is 39.0 Å². The normalized spacial score (nSPS) is 14.4. The summed E-state index contributed by atoms with van der Waals surface area (Å²) in [4.78, 5) is 0. The van der Waals surface area contributed by atoms with Crippen LogP contribution >= 0.6 is 22.6 Å². The summed E-state index contributed by atoms with van der Waals surface area (Å²) in [5.41, 5.74) is 3.88. The molecular formula is C14H22INO. The molecule has 2 nitrogen and oxygen atoms in total. The maximum Gasteiger partial charge on any atom is 0.132 e. The first-order chi connectivity index (χ1) is 8.11. The highest BCUT2D eigenvalue weighted by Gasteiger charge is 2.15. The highest BCUT2D eigenvalue weighted by molar-refractivity contribution is 14.1. The second-order valence-corrected chi connectivity index (χ2v) is 5.63. The van der Waals surface area contributed by atoms with Gasteiger partial charge in [-0.15, -0.1) is 0 Å². The molecule has 0 spiro atoms. The SMILES string of the molecule is CNC.Cc1cc2c(c(I)c1O)CCCCC2. The Balaban J connectivity index is 0.000000437. The fraction of sp³-hybridized carbons (Fsp3) is 0.571. The molecule has 1 aromatic carbocycles. The van der Waals surface area contributed by atoms with Crippen molar-refractivity contribution >= 4 is 22.6 Å². The van der Waals surface area contributed by atoms with E-state index in [4.69, 9.17) is 0 Å². The van der Waals surface area contributed by atoms with Crippen LogP contribution in [-0.4, -0.2) is 19.2 Å². The molecule has 0 aliphatic heterocycles. The first-order valence-electron chi connectivity index (χ1n) is 6.20. The summed E-state index contributed by atoms with van der Waals surface area (Å²) in [6.07, 6.45) is 6.22. The lowest BCUT2D eigenvalue weighted by Crippen LogP contribution is -1.97. The van der Waals surface area contributed by atoms with E-state index < -0.39 is 0 Å². The van der Waals surface area contributed by atoms with Crippen LogP contribution in [-0.2, 0) is 12.8 Å². The minimum Gasteiger partial charge on any atom is -0.507 e. The van der Waals surface area contributed by atoms with E-state index in [-0.39, 0.29) is 0 Å². The van der Waals surface area contributed by atoms with Crippen LogP contribution in [0.1, 0.15) is 36.0 Å². The van der Waals surface area contributed by atoms with Gasteiger partial charge in [-0.05, 0) is 86.0 Å². The third kappa shape index (κ3) is 3.85. The number of benzene rings is 1. The Hall–Kier alpha value is -0.290. The van der Waals surface area contributed by atoms with E-state index in [9.17, 15) is 5.11 Å². The lowest BCUT2D eigenvalue weighted by atomic mass is 10.00. The molecule has 0 bridgehead atoms. The fourth-order valence-corrected chi connectivity index (χ4v) is 3.20. The van der Waals surface area contributed by atoms with Gasteiger partial charge in [0.05, 0.1) is 3.57 Å². The number of nitrogens with one attached hydrogen (secondary N) is 1. The molecule has 0 atom stereocenters. The summed E-state index contributed by atoms with van der Waals surface area (Å²) in [7, 11) is 3.75. The van der Waals surface area contributed by atoms with Gasteiger partial charge in [-0.1, -0.05) is 12.5 Å². The lowest BCUT2D eigenvalue weighted by molar-refractivity contribution is 0.466. The first-order valence-corrected chi connectivity index (χ1v) is 7.28. The van der Waals surface area contributed by atoms with Gasteiger partial charge in [-0.3, -0.25) is 0 Å². The van der Waals surface area contributed by atoms with Crippen molar-refractivity contribution in [2.75, 3.05) is 14.1 Å². The molecule has 0 heterocycles. The van der Waals surface area contributed by atoms with Crippen LogP contribution < -0.4 is 5.32 Å². The maximum absolute atomic E-state index is 9.85. The molecule has 0 saturated carbocycles. The number of phenolic OH excluding ortho intramolecular Hbond substituents is 1. The Kier molecular flexibility index (Phi) is 6.27. The van der Waals surface area contributed by atoms with Crippen molar-refractivity contribution in [1.82, 2.24) is 5.32 Å². The van der Waals surface area contributed by atoms with Crippen molar-refractivity contribution in [3.05, 3.63) is 26.3 Å². The number of aromatic hydroxyl groups is 1. The number of fused-ring (bicyclic) bond motifs is 1. The lowest BCUT2D eigenvalue weighted by Gasteiger charge is -2.12. The second kappa shape index (κ2) is 7.21. The number of rotatable bonds is 0. The Morgan fingerprint density at radius 2 is 1.76 bits per heavy atom. The van der Waals surface area contributed by atoms with Gasteiger partial charge in [-0.2, -0.15) is 0 Å². The Bertz CT molecular complexity index is 377. The van der Waals surface area contributed by atoms with Gasteiger partial charge in [0, 0.05) is 0 Å². The van der Waals surface area contributed by atoms with Crippen LogP contribution in [0.3, 0.4) is 0 Å². The monoisotopic (exact) mass is 347 g/mol. The topological polar surface area (TPSA) is 32.3 Å². The standard InChI is InChI=1S/C12H15IO.C2H7N/c1-8-7-9-5-3-2-4-6-10(9)11(13)12(8)14;1-3-2/h7,14H,2-6H2,1H3;3H,1-2H3. The highest BCUT2D eigenvalue weighted by atomic mass is 127. The smallest absolute Gasteiger partial charge is 0.132 e. The molecule has 17 heavy (non-hydrogen) atoms. The number of halogens is 1. The third-order valence-electron chi connectivity index (χ3n) is 3.00. The van der Waals surface area contributed by atoms with Gasteiger partial charge >= 0.3 is 0 Å². The number of hydrogen-bond acceptors (Lipinski definition) is 2. The summed E-state index contributed by atoms with van der Waals surface area (Å²) in [6.45, 7) is 1.99. The van der Waals surface area contributed by atoms with E-state index in [0.717, 1.165) is 15.6 Å². The predicted molar refractivity (Wildman–Crippen MR) is 81.8 cm³/mol. The molecule has 0 amide bonds. The van der Waals surface area contributed by atoms with Gasteiger partial charge < -0.3 is 10.4 Å².